The van der Waals surface area contributed by atoms with E-state index in [4.69, 9.17) is 0 Å². The zero-order chi connectivity index (χ0) is 13.8. The molecule has 2 aromatic rings. The fraction of sp³-hybridized carbons (Fsp3) is 0.0909. The van der Waals surface area contributed by atoms with Crippen LogP contribution >= 0.6 is 0 Å². The van der Waals surface area contributed by atoms with Crippen molar-refractivity contribution >= 4 is 11.4 Å². The summed E-state index contributed by atoms with van der Waals surface area (Å²) in [6.07, 6.45) is 1.45. The van der Waals surface area contributed by atoms with Gasteiger partial charge < -0.3 is 5.32 Å². The molecule has 1 aromatic carbocycles. The molecule has 0 bridgehead atoms. The van der Waals surface area contributed by atoms with Gasteiger partial charge in [-0.1, -0.05) is 0 Å². The molecule has 2 rings (SSSR count). The summed E-state index contributed by atoms with van der Waals surface area (Å²) in [7, 11) is 0. The third kappa shape index (κ3) is 2.79. The van der Waals surface area contributed by atoms with E-state index in [1.165, 1.54) is 6.20 Å². The van der Waals surface area contributed by atoms with Gasteiger partial charge in [0.2, 0.25) is 0 Å². The van der Waals surface area contributed by atoms with Crippen LogP contribution in [0.15, 0.2) is 30.5 Å². The van der Waals surface area contributed by atoms with Gasteiger partial charge in [0, 0.05) is 12.3 Å². The summed E-state index contributed by atoms with van der Waals surface area (Å²) in [4.78, 5) is 9.95. The summed E-state index contributed by atoms with van der Waals surface area (Å²) in [5.41, 5.74) is -0.598. The Bertz CT molecular complexity index is 607. The van der Waals surface area contributed by atoms with Gasteiger partial charge in [-0.15, -0.1) is 0 Å². The number of nitro benzene ring substituents is 1. The molecular formula is C11H8F2N4O2. The predicted molar refractivity (Wildman–Crippen MR) is 62.4 cm³/mol. The minimum atomic E-state index is -1.29. The maximum atomic E-state index is 13.5. The van der Waals surface area contributed by atoms with Crippen LogP contribution in [0.4, 0.5) is 20.2 Å². The summed E-state index contributed by atoms with van der Waals surface area (Å²) in [5.74, 6) is -2.45. The highest BCUT2D eigenvalue weighted by atomic mass is 19.2. The summed E-state index contributed by atoms with van der Waals surface area (Å²) in [6, 6.07) is 4.82. The fourth-order valence-electron chi connectivity index (χ4n) is 1.47. The summed E-state index contributed by atoms with van der Waals surface area (Å²) in [5, 5.41) is 20.5. The van der Waals surface area contributed by atoms with Crippen LogP contribution in [0, 0.1) is 21.7 Å². The lowest BCUT2D eigenvalue weighted by Gasteiger charge is -2.07. The molecule has 6 nitrogen and oxygen atoms in total. The smallest absolute Gasteiger partial charge is 0.295 e. The molecule has 0 aliphatic heterocycles. The Morgan fingerprint density at radius 3 is 2.74 bits per heavy atom. The number of halogens is 2. The van der Waals surface area contributed by atoms with Crippen LogP contribution in [0.3, 0.4) is 0 Å². The normalized spacial score (nSPS) is 10.2. The number of aromatic nitrogens is 2. The molecule has 0 saturated carbocycles. The lowest BCUT2D eigenvalue weighted by molar-refractivity contribution is -0.384. The van der Waals surface area contributed by atoms with E-state index in [1.54, 1.807) is 12.1 Å². The molecule has 0 aliphatic carbocycles. The minimum absolute atomic E-state index is 0.00491. The first-order valence-corrected chi connectivity index (χ1v) is 5.22. The van der Waals surface area contributed by atoms with Crippen molar-refractivity contribution in [3.05, 3.63) is 57.9 Å². The highest BCUT2D eigenvalue weighted by Gasteiger charge is 2.21. The number of benzene rings is 1. The zero-order valence-electron chi connectivity index (χ0n) is 9.51. The van der Waals surface area contributed by atoms with Gasteiger partial charge in [-0.05, 0) is 18.2 Å². The molecule has 1 heterocycles. The van der Waals surface area contributed by atoms with Crippen molar-refractivity contribution in [2.45, 2.75) is 6.54 Å². The monoisotopic (exact) mass is 266 g/mol. The minimum Gasteiger partial charge on any atom is -0.371 e. The molecule has 0 amide bonds. The van der Waals surface area contributed by atoms with Crippen molar-refractivity contribution in [3.63, 3.8) is 0 Å². The molecule has 0 saturated heterocycles. The number of hydrogen-bond donors (Lipinski definition) is 1. The Morgan fingerprint density at radius 2 is 2.11 bits per heavy atom. The second-order valence-electron chi connectivity index (χ2n) is 3.58. The molecule has 0 aliphatic rings. The number of rotatable bonds is 4. The van der Waals surface area contributed by atoms with Crippen molar-refractivity contribution in [1.29, 1.82) is 0 Å². The summed E-state index contributed by atoms with van der Waals surface area (Å²) >= 11 is 0. The molecule has 0 radical (unpaired) electrons. The first-order chi connectivity index (χ1) is 9.09. The van der Waals surface area contributed by atoms with E-state index in [2.05, 4.69) is 15.5 Å². The van der Waals surface area contributed by atoms with Gasteiger partial charge >= 0.3 is 0 Å². The Morgan fingerprint density at radius 1 is 1.32 bits per heavy atom. The van der Waals surface area contributed by atoms with Gasteiger partial charge in [0.1, 0.15) is 0 Å². The average molecular weight is 266 g/mol. The Kier molecular flexibility index (Phi) is 3.60. The van der Waals surface area contributed by atoms with Gasteiger partial charge in [0.15, 0.2) is 17.3 Å². The Balaban J connectivity index is 2.28. The third-order valence-electron chi connectivity index (χ3n) is 2.34. The molecule has 8 heteroatoms. The maximum Gasteiger partial charge on any atom is 0.295 e. The maximum absolute atomic E-state index is 13.5. The van der Waals surface area contributed by atoms with Crippen molar-refractivity contribution in [2.24, 2.45) is 0 Å². The van der Waals surface area contributed by atoms with Crippen LogP contribution in [0.2, 0.25) is 0 Å². The van der Waals surface area contributed by atoms with Crippen molar-refractivity contribution in [1.82, 2.24) is 10.2 Å². The number of nitro groups is 1. The highest BCUT2D eigenvalue weighted by molar-refractivity contribution is 5.62. The first-order valence-electron chi connectivity index (χ1n) is 5.22. The Hall–Kier alpha value is -2.64. The molecule has 98 valence electrons. The highest BCUT2D eigenvalue weighted by Crippen LogP contribution is 2.29. The van der Waals surface area contributed by atoms with Crippen molar-refractivity contribution in [2.75, 3.05) is 5.32 Å². The lowest BCUT2D eigenvalue weighted by atomic mass is 10.2. The molecular weight excluding hydrogens is 258 g/mol. The van der Waals surface area contributed by atoms with Crippen LogP contribution in [-0.4, -0.2) is 15.1 Å². The van der Waals surface area contributed by atoms with E-state index in [-0.39, 0.29) is 6.54 Å². The topological polar surface area (TPSA) is 81.0 Å². The van der Waals surface area contributed by atoms with Gasteiger partial charge in [-0.25, -0.2) is 8.78 Å². The standard InChI is InChI=1S/C11H8F2N4O2/c12-8-3-4-9(17(18)19)11(10(8)13)14-6-7-2-1-5-15-16-7/h1-5,14H,6H2. The number of anilines is 1. The largest absolute Gasteiger partial charge is 0.371 e. The number of nitrogens with one attached hydrogen (secondary N) is 1. The molecule has 0 fully saturated rings. The van der Waals surface area contributed by atoms with Gasteiger partial charge in [0.05, 0.1) is 17.2 Å². The van der Waals surface area contributed by atoms with E-state index < -0.39 is 27.9 Å². The second-order valence-corrected chi connectivity index (χ2v) is 3.58. The van der Waals surface area contributed by atoms with Gasteiger partial charge in [0.25, 0.3) is 5.69 Å². The van der Waals surface area contributed by atoms with Crippen molar-refractivity contribution < 1.29 is 13.7 Å². The zero-order valence-corrected chi connectivity index (χ0v) is 9.51. The predicted octanol–water partition coefficient (Wildman–Crippen LogP) is 2.28. The number of nitrogens with zero attached hydrogens (tertiary/aromatic N) is 3. The van der Waals surface area contributed by atoms with Crippen LogP contribution in [0.25, 0.3) is 0 Å². The molecule has 1 N–H and O–H groups in total. The second kappa shape index (κ2) is 5.34. The van der Waals surface area contributed by atoms with Gasteiger partial charge in [-0.3, -0.25) is 10.1 Å². The molecule has 0 spiro atoms. The lowest BCUT2D eigenvalue weighted by Crippen LogP contribution is -2.07. The summed E-state index contributed by atoms with van der Waals surface area (Å²) in [6.45, 7) is -0.00491. The van der Waals surface area contributed by atoms with Crippen LogP contribution < -0.4 is 5.32 Å². The fourth-order valence-corrected chi connectivity index (χ4v) is 1.47. The molecule has 19 heavy (non-hydrogen) atoms. The van der Waals surface area contributed by atoms with Crippen LogP contribution in [0.1, 0.15) is 5.69 Å². The third-order valence-corrected chi connectivity index (χ3v) is 2.34. The van der Waals surface area contributed by atoms with E-state index in [1.807, 2.05) is 0 Å². The summed E-state index contributed by atoms with van der Waals surface area (Å²) < 4.78 is 26.6. The van der Waals surface area contributed by atoms with E-state index in [0.717, 1.165) is 6.07 Å². The molecule has 1 aromatic heterocycles. The van der Waals surface area contributed by atoms with Crippen LogP contribution in [0.5, 0.6) is 0 Å². The quantitative estimate of drug-likeness (QED) is 0.678. The van der Waals surface area contributed by atoms with E-state index in [9.17, 15) is 18.9 Å². The molecule has 0 unspecified atom stereocenters. The van der Waals surface area contributed by atoms with Crippen molar-refractivity contribution in [3.8, 4) is 0 Å². The SMILES string of the molecule is O=[N+]([O-])c1ccc(F)c(F)c1NCc1cccnn1. The average Bonchev–Trinajstić information content (AvgIpc) is 2.41. The van der Waals surface area contributed by atoms with Gasteiger partial charge in [-0.2, -0.15) is 10.2 Å². The van der Waals surface area contributed by atoms with E-state index >= 15 is 0 Å². The van der Waals surface area contributed by atoms with E-state index in [0.29, 0.717) is 11.8 Å². The first kappa shape index (κ1) is 12.8. The number of hydrogen-bond acceptors (Lipinski definition) is 5. The van der Waals surface area contributed by atoms with Crippen LogP contribution in [-0.2, 0) is 6.54 Å². The molecule has 0 atom stereocenters. The Labute approximate surface area is 106 Å².